The number of benzene rings is 3. The zero-order valence-corrected chi connectivity index (χ0v) is 19.3. The fourth-order valence-corrected chi connectivity index (χ4v) is 4.61. The molecule has 0 fully saturated rings. The van der Waals surface area contributed by atoms with Gasteiger partial charge in [-0.15, -0.1) is 0 Å². The van der Waals surface area contributed by atoms with Crippen molar-refractivity contribution in [1.82, 2.24) is 20.5 Å². The number of nitrogens with one attached hydrogen (secondary N) is 3. The molecule has 9 nitrogen and oxygen atoms in total. The second kappa shape index (κ2) is 9.92. The van der Waals surface area contributed by atoms with Gasteiger partial charge in [0.05, 0.1) is 4.90 Å². The van der Waals surface area contributed by atoms with Crippen molar-refractivity contribution in [3.63, 3.8) is 0 Å². The number of carbonyl (C=O) groups is 3. The van der Waals surface area contributed by atoms with Gasteiger partial charge >= 0.3 is 0 Å². The molecular weight excluding hydrogens is 468 g/mol. The first-order chi connectivity index (χ1) is 16.8. The van der Waals surface area contributed by atoms with Crippen molar-refractivity contribution in [2.75, 3.05) is 6.54 Å². The molecule has 3 aromatic rings. The normalized spacial score (nSPS) is 12.9. The van der Waals surface area contributed by atoms with Crippen LogP contribution in [0.25, 0.3) is 5.70 Å². The lowest BCUT2D eigenvalue weighted by Crippen LogP contribution is -2.46. The molecule has 0 spiro atoms. The maximum atomic E-state index is 12.6. The van der Waals surface area contributed by atoms with E-state index in [0.29, 0.717) is 16.8 Å². The fourth-order valence-electron chi connectivity index (χ4n) is 3.55. The molecule has 3 amide bonds. The average Bonchev–Trinajstić information content (AvgIpc) is 3.11. The predicted octanol–water partition coefficient (Wildman–Crippen LogP) is 2.05. The summed E-state index contributed by atoms with van der Waals surface area (Å²) in [6.07, 6.45) is 0. The highest BCUT2D eigenvalue weighted by Gasteiger charge is 2.31. The first-order valence-electron chi connectivity index (χ1n) is 10.6. The summed E-state index contributed by atoms with van der Waals surface area (Å²) in [4.78, 5) is 38.5. The van der Waals surface area contributed by atoms with Gasteiger partial charge in [0.2, 0.25) is 10.0 Å². The fraction of sp³-hybridized carbons (Fsp3) is 0.0800. The molecule has 0 saturated heterocycles. The maximum absolute atomic E-state index is 12.6. The van der Waals surface area contributed by atoms with Crippen molar-refractivity contribution < 1.29 is 22.8 Å². The Balaban J connectivity index is 1.35. The molecule has 0 aliphatic carbocycles. The van der Waals surface area contributed by atoms with Gasteiger partial charge in [0.1, 0.15) is 6.54 Å². The summed E-state index contributed by atoms with van der Waals surface area (Å²) in [6.45, 7) is 3.62. The summed E-state index contributed by atoms with van der Waals surface area (Å²) in [6, 6.07) is 21.3. The number of rotatable bonds is 7. The van der Waals surface area contributed by atoms with Crippen molar-refractivity contribution in [2.24, 2.45) is 0 Å². The monoisotopic (exact) mass is 490 g/mol. The van der Waals surface area contributed by atoms with Gasteiger partial charge in [0.25, 0.3) is 17.7 Å². The molecule has 1 aliphatic heterocycles. The molecule has 4 rings (SSSR count). The van der Waals surface area contributed by atoms with Gasteiger partial charge in [-0.3, -0.25) is 30.1 Å². The number of amides is 3. The topological polar surface area (TPSA) is 125 Å². The SMILES string of the molecule is C=C1c2ccccc2C(=O)N1CC(=O)NNC(=O)c1cccc(S(=O)(=O)NCc2ccccc2)c1. The van der Waals surface area contributed by atoms with Crippen LogP contribution in [0.5, 0.6) is 0 Å². The van der Waals surface area contributed by atoms with E-state index >= 15 is 0 Å². The Morgan fingerprint density at radius 3 is 2.26 bits per heavy atom. The molecule has 0 unspecified atom stereocenters. The van der Waals surface area contributed by atoms with E-state index in [9.17, 15) is 22.8 Å². The van der Waals surface area contributed by atoms with E-state index in [-0.39, 0.29) is 29.5 Å². The molecule has 3 N–H and O–H groups in total. The van der Waals surface area contributed by atoms with Crippen molar-refractivity contribution >= 4 is 33.4 Å². The van der Waals surface area contributed by atoms with E-state index in [0.717, 1.165) is 5.56 Å². The highest BCUT2D eigenvalue weighted by molar-refractivity contribution is 7.89. The number of carbonyl (C=O) groups excluding carboxylic acids is 3. The van der Waals surface area contributed by atoms with Crippen LogP contribution in [-0.4, -0.2) is 37.6 Å². The van der Waals surface area contributed by atoms with Crippen LogP contribution >= 0.6 is 0 Å². The van der Waals surface area contributed by atoms with Crippen LogP contribution in [0.2, 0.25) is 0 Å². The molecule has 0 bridgehead atoms. The quantitative estimate of drug-likeness (QED) is 0.437. The third kappa shape index (κ3) is 5.29. The molecule has 1 heterocycles. The van der Waals surface area contributed by atoms with Crippen LogP contribution in [0.3, 0.4) is 0 Å². The number of hydrogen-bond donors (Lipinski definition) is 3. The molecule has 0 saturated carbocycles. The zero-order chi connectivity index (χ0) is 25.0. The number of fused-ring (bicyclic) bond motifs is 1. The standard InChI is InChI=1S/C25H22N4O5S/c1-17-21-12-5-6-13-22(21)25(32)29(17)16-23(30)27-28-24(31)19-10-7-11-20(14-19)35(33,34)26-15-18-8-3-2-4-9-18/h2-14,26H,1,15-16H2,(H,27,30)(H,28,31). The largest absolute Gasteiger partial charge is 0.299 e. The van der Waals surface area contributed by atoms with E-state index < -0.39 is 21.8 Å². The summed E-state index contributed by atoms with van der Waals surface area (Å²) < 4.78 is 27.8. The molecule has 1 aliphatic rings. The van der Waals surface area contributed by atoms with Crippen LogP contribution in [0.4, 0.5) is 0 Å². The lowest BCUT2D eigenvalue weighted by Gasteiger charge is -2.17. The first-order valence-corrected chi connectivity index (χ1v) is 12.1. The molecule has 178 valence electrons. The molecule has 35 heavy (non-hydrogen) atoms. The number of nitrogens with zero attached hydrogens (tertiary/aromatic N) is 1. The highest BCUT2D eigenvalue weighted by atomic mass is 32.2. The molecule has 0 radical (unpaired) electrons. The third-order valence-electron chi connectivity index (χ3n) is 5.37. The Bertz CT molecular complexity index is 1390. The number of hydrazine groups is 1. The van der Waals surface area contributed by atoms with E-state index in [2.05, 4.69) is 22.2 Å². The minimum atomic E-state index is -3.87. The second-order valence-electron chi connectivity index (χ2n) is 7.72. The van der Waals surface area contributed by atoms with Gasteiger partial charge in [0, 0.05) is 28.9 Å². The average molecular weight is 491 g/mol. The Morgan fingerprint density at radius 2 is 1.54 bits per heavy atom. The van der Waals surface area contributed by atoms with Crippen molar-refractivity contribution in [2.45, 2.75) is 11.4 Å². The van der Waals surface area contributed by atoms with E-state index in [1.54, 1.807) is 48.5 Å². The van der Waals surface area contributed by atoms with Gasteiger partial charge in [-0.05, 0) is 29.8 Å². The Morgan fingerprint density at radius 1 is 0.857 bits per heavy atom. The minimum absolute atomic E-state index is 0.0296. The van der Waals surface area contributed by atoms with Crippen LogP contribution in [0, 0.1) is 0 Å². The summed E-state index contributed by atoms with van der Waals surface area (Å²) in [5.41, 5.74) is 6.79. The van der Waals surface area contributed by atoms with Crippen LogP contribution < -0.4 is 15.6 Å². The lowest BCUT2D eigenvalue weighted by molar-refractivity contribution is -0.122. The van der Waals surface area contributed by atoms with Gasteiger partial charge in [-0.2, -0.15) is 0 Å². The lowest BCUT2D eigenvalue weighted by atomic mass is 10.1. The summed E-state index contributed by atoms with van der Waals surface area (Å²) in [7, 11) is -3.87. The Kier molecular flexibility index (Phi) is 6.76. The minimum Gasteiger partial charge on any atom is -0.299 e. The van der Waals surface area contributed by atoms with Crippen LogP contribution in [0.15, 0.2) is 90.3 Å². The molecular formula is C25H22N4O5S. The first kappa shape index (κ1) is 23.9. The summed E-state index contributed by atoms with van der Waals surface area (Å²) in [5, 5.41) is 0. The summed E-state index contributed by atoms with van der Waals surface area (Å²) in [5.74, 6) is -1.71. The number of sulfonamides is 1. The van der Waals surface area contributed by atoms with Gasteiger partial charge < -0.3 is 0 Å². The number of hydrogen-bond acceptors (Lipinski definition) is 5. The summed E-state index contributed by atoms with van der Waals surface area (Å²) >= 11 is 0. The van der Waals surface area contributed by atoms with Crippen LogP contribution in [-0.2, 0) is 21.4 Å². The predicted molar refractivity (Wildman–Crippen MR) is 129 cm³/mol. The van der Waals surface area contributed by atoms with E-state index in [1.165, 1.54) is 29.2 Å². The van der Waals surface area contributed by atoms with Gasteiger partial charge in [-0.1, -0.05) is 61.2 Å². The Hall–Kier alpha value is -4.28. The Labute approximate surface area is 202 Å². The third-order valence-corrected chi connectivity index (χ3v) is 6.77. The van der Waals surface area contributed by atoms with Crippen molar-refractivity contribution in [3.8, 4) is 0 Å². The van der Waals surface area contributed by atoms with Gasteiger partial charge in [-0.25, -0.2) is 13.1 Å². The molecule has 3 aromatic carbocycles. The molecule has 0 aromatic heterocycles. The maximum Gasteiger partial charge on any atom is 0.269 e. The van der Waals surface area contributed by atoms with Crippen molar-refractivity contribution in [1.29, 1.82) is 0 Å². The van der Waals surface area contributed by atoms with Crippen LogP contribution in [0.1, 0.15) is 31.8 Å². The van der Waals surface area contributed by atoms with Crippen molar-refractivity contribution in [3.05, 3.63) is 108 Å². The highest BCUT2D eigenvalue weighted by Crippen LogP contribution is 2.30. The van der Waals surface area contributed by atoms with E-state index in [4.69, 9.17) is 0 Å². The zero-order valence-electron chi connectivity index (χ0n) is 18.5. The smallest absolute Gasteiger partial charge is 0.269 e. The van der Waals surface area contributed by atoms with E-state index in [1.807, 2.05) is 6.07 Å². The second-order valence-corrected chi connectivity index (χ2v) is 9.49. The molecule has 10 heteroatoms. The molecule has 0 atom stereocenters. The van der Waals surface area contributed by atoms with Gasteiger partial charge in [0.15, 0.2) is 0 Å².